The van der Waals surface area contributed by atoms with Crippen LogP contribution < -0.4 is 0 Å². The van der Waals surface area contributed by atoms with E-state index < -0.39 is 15.1 Å². The number of halogens is 1. The van der Waals surface area contributed by atoms with Gasteiger partial charge in [0.1, 0.15) is 0 Å². The zero-order valence-corrected chi connectivity index (χ0v) is 8.38. The molecule has 1 saturated heterocycles. The van der Waals surface area contributed by atoms with Crippen LogP contribution in [0.25, 0.3) is 0 Å². The largest absolute Gasteiger partial charge is 0.465 e. The van der Waals surface area contributed by atoms with Crippen molar-refractivity contribution < 1.29 is 18.3 Å². The number of nitrogens with zero attached hydrogens (tertiary/aromatic N) is 1. The third-order valence-electron chi connectivity index (χ3n) is 1.99. The van der Waals surface area contributed by atoms with Gasteiger partial charge in [0.2, 0.25) is 9.05 Å². The standard InChI is InChI=1S/C6H10ClNO4S/c7-13(11,12)4-5-1-2-8(3-5)6(9)10/h5H,1-4H2,(H,9,10). The van der Waals surface area contributed by atoms with Crippen molar-refractivity contribution in [2.45, 2.75) is 6.42 Å². The van der Waals surface area contributed by atoms with E-state index in [1.807, 2.05) is 0 Å². The monoisotopic (exact) mass is 227 g/mol. The zero-order valence-electron chi connectivity index (χ0n) is 6.81. The molecule has 5 nitrogen and oxygen atoms in total. The van der Waals surface area contributed by atoms with Gasteiger partial charge in [-0.05, 0) is 12.3 Å². The Morgan fingerprint density at radius 3 is 2.62 bits per heavy atom. The fourth-order valence-electron chi connectivity index (χ4n) is 1.42. The van der Waals surface area contributed by atoms with Crippen LogP contribution in [0.2, 0.25) is 0 Å². The summed E-state index contributed by atoms with van der Waals surface area (Å²) in [6.45, 7) is 0.660. The quantitative estimate of drug-likeness (QED) is 0.700. The first-order valence-corrected chi connectivity index (χ1v) is 6.26. The maximum absolute atomic E-state index is 10.7. The number of carboxylic acid groups (broad SMARTS) is 1. The first-order valence-electron chi connectivity index (χ1n) is 3.78. The highest BCUT2D eigenvalue weighted by atomic mass is 35.7. The van der Waals surface area contributed by atoms with Crippen molar-refractivity contribution in [2.75, 3.05) is 18.8 Å². The molecule has 76 valence electrons. The predicted molar refractivity (Wildman–Crippen MR) is 47.3 cm³/mol. The van der Waals surface area contributed by atoms with Gasteiger partial charge in [-0.25, -0.2) is 13.2 Å². The Morgan fingerprint density at radius 2 is 2.23 bits per heavy atom. The van der Waals surface area contributed by atoms with Crippen molar-refractivity contribution in [2.24, 2.45) is 5.92 Å². The van der Waals surface area contributed by atoms with E-state index in [-0.39, 0.29) is 18.2 Å². The lowest BCUT2D eigenvalue weighted by atomic mass is 10.2. The Hall–Kier alpha value is -0.490. The minimum absolute atomic E-state index is 0.141. The molecule has 1 amide bonds. The Bertz CT molecular complexity index is 302. The Morgan fingerprint density at radius 1 is 1.62 bits per heavy atom. The van der Waals surface area contributed by atoms with Gasteiger partial charge < -0.3 is 10.0 Å². The highest BCUT2D eigenvalue weighted by molar-refractivity contribution is 8.13. The molecule has 0 aromatic rings. The van der Waals surface area contributed by atoms with Crippen LogP contribution in [0.1, 0.15) is 6.42 Å². The van der Waals surface area contributed by atoms with Gasteiger partial charge in [0, 0.05) is 23.8 Å². The lowest BCUT2D eigenvalue weighted by Crippen LogP contribution is -2.27. The van der Waals surface area contributed by atoms with E-state index in [1.54, 1.807) is 0 Å². The van der Waals surface area contributed by atoms with Crippen LogP contribution in [0, 0.1) is 5.92 Å². The first-order chi connectivity index (χ1) is 5.88. The fraction of sp³-hybridized carbons (Fsp3) is 0.833. The molecule has 1 aliphatic rings. The van der Waals surface area contributed by atoms with Crippen molar-refractivity contribution in [1.82, 2.24) is 4.90 Å². The lowest BCUT2D eigenvalue weighted by molar-refractivity contribution is 0.154. The summed E-state index contributed by atoms with van der Waals surface area (Å²) in [6, 6.07) is 0. The number of carbonyl (C=O) groups is 1. The SMILES string of the molecule is O=C(O)N1CCC(CS(=O)(=O)Cl)C1. The second-order valence-corrected chi connectivity index (χ2v) is 5.91. The van der Waals surface area contributed by atoms with E-state index in [4.69, 9.17) is 15.8 Å². The van der Waals surface area contributed by atoms with Crippen molar-refractivity contribution in [3.05, 3.63) is 0 Å². The molecular weight excluding hydrogens is 218 g/mol. The molecule has 0 aromatic carbocycles. The third-order valence-corrected chi connectivity index (χ3v) is 3.24. The average molecular weight is 228 g/mol. The molecule has 1 N–H and O–H groups in total. The average Bonchev–Trinajstić information content (AvgIpc) is 2.31. The minimum Gasteiger partial charge on any atom is -0.465 e. The molecular formula is C6H10ClNO4S. The third kappa shape index (κ3) is 3.40. The second-order valence-electron chi connectivity index (χ2n) is 3.09. The summed E-state index contributed by atoms with van der Waals surface area (Å²) in [5.74, 6) is -0.295. The Labute approximate surface area is 80.7 Å². The molecule has 7 heteroatoms. The summed E-state index contributed by atoms with van der Waals surface area (Å²) < 4.78 is 21.3. The summed E-state index contributed by atoms with van der Waals surface area (Å²) >= 11 is 0. The van der Waals surface area contributed by atoms with Gasteiger partial charge in [0.25, 0.3) is 0 Å². The van der Waals surface area contributed by atoms with Crippen molar-refractivity contribution in [1.29, 1.82) is 0 Å². The normalized spacial score (nSPS) is 23.5. The molecule has 0 radical (unpaired) electrons. The van der Waals surface area contributed by atoms with Gasteiger partial charge in [-0.1, -0.05) is 0 Å². The molecule has 1 heterocycles. The molecule has 1 fully saturated rings. The molecule has 0 aromatic heterocycles. The van der Waals surface area contributed by atoms with Crippen LogP contribution in [-0.2, 0) is 9.05 Å². The highest BCUT2D eigenvalue weighted by Crippen LogP contribution is 2.19. The van der Waals surface area contributed by atoms with Gasteiger partial charge in [-0.3, -0.25) is 0 Å². The number of likely N-dealkylation sites (tertiary alicyclic amines) is 1. The van der Waals surface area contributed by atoms with Crippen molar-refractivity contribution in [3.63, 3.8) is 0 Å². The van der Waals surface area contributed by atoms with E-state index in [2.05, 4.69) is 0 Å². The molecule has 1 atom stereocenters. The van der Waals surface area contributed by atoms with Gasteiger partial charge in [-0.2, -0.15) is 0 Å². The van der Waals surface area contributed by atoms with Crippen molar-refractivity contribution >= 4 is 25.8 Å². The Balaban J connectivity index is 2.47. The summed E-state index contributed by atoms with van der Waals surface area (Å²) in [7, 11) is 1.54. The van der Waals surface area contributed by atoms with E-state index in [9.17, 15) is 13.2 Å². The minimum atomic E-state index is -3.50. The molecule has 13 heavy (non-hydrogen) atoms. The number of amides is 1. The molecule has 1 aliphatic heterocycles. The smallest absolute Gasteiger partial charge is 0.407 e. The molecule has 0 bridgehead atoms. The van der Waals surface area contributed by atoms with E-state index in [1.165, 1.54) is 4.90 Å². The second kappa shape index (κ2) is 3.71. The number of hydrogen-bond acceptors (Lipinski definition) is 3. The lowest BCUT2D eigenvalue weighted by Gasteiger charge is -2.10. The maximum atomic E-state index is 10.7. The molecule has 0 saturated carbocycles. The summed E-state index contributed by atoms with van der Waals surface area (Å²) in [5.41, 5.74) is 0. The van der Waals surface area contributed by atoms with Gasteiger partial charge >= 0.3 is 6.09 Å². The molecule has 1 unspecified atom stereocenters. The van der Waals surface area contributed by atoms with E-state index in [0.717, 1.165) is 0 Å². The number of hydrogen-bond donors (Lipinski definition) is 1. The van der Waals surface area contributed by atoms with Crippen LogP contribution in [0.5, 0.6) is 0 Å². The highest BCUT2D eigenvalue weighted by Gasteiger charge is 2.28. The van der Waals surface area contributed by atoms with Gasteiger partial charge in [0.05, 0.1) is 5.75 Å². The zero-order chi connectivity index (χ0) is 10.1. The number of rotatable bonds is 2. The van der Waals surface area contributed by atoms with Crippen LogP contribution in [0.15, 0.2) is 0 Å². The van der Waals surface area contributed by atoms with Crippen LogP contribution in [0.4, 0.5) is 4.79 Å². The summed E-state index contributed by atoms with van der Waals surface area (Å²) in [5, 5.41) is 8.57. The van der Waals surface area contributed by atoms with Gasteiger partial charge in [-0.15, -0.1) is 0 Å². The van der Waals surface area contributed by atoms with Crippen LogP contribution in [0.3, 0.4) is 0 Å². The van der Waals surface area contributed by atoms with E-state index in [0.29, 0.717) is 13.0 Å². The molecule has 0 aliphatic carbocycles. The van der Waals surface area contributed by atoms with Crippen LogP contribution >= 0.6 is 10.7 Å². The summed E-state index contributed by atoms with van der Waals surface area (Å²) in [4.78, 5) is 11.7. The predicted octanol–water partition coefficient (Wildman–Crippen LogP) is 0.555. The van der Waals surface area contributed by atoms with E-state index >= 15 is 0 Å². The topological polar surface area (TPSA) is 74.7 Å². The maximum Gasteiger partial charge on any atom is 0.407 e. The van der Waals surface area contributed by atoms with Crippen molar-refractivity contribution in [3.8, 4) is 0 Å². The summed E-state index contributed by atoms with van der Waals surface area (Å²) in [6.07, 6.45) is -0.437. The fourth-order valence-corrected chi connectivity index (χ4v) is 2.79. The Kier molecular flexibility index (Phi) is 3.02. The molecule has 1 rings (SSSR count). The molecule has 0 spiro atoms. The van der Waals surface area contributed by atoms with Gasteiger partial charge in [0.15, 0.2) is 0 Å². The first kappa shape index (κ1) is 10.6. The van der Waals surface area contributed by atoms with Crippen LogP contribution in [-0.4, -0.2) is 43.4 Å².